The summed E-state index contributed by atoms with van der Waals surface area (Å²) in [4.78, 5) is 32.3. The largest absolute Gasteiger partial charge is 0.491 e. The Hall–Kier alpha value is -3.88. The maximum Gasteiger partial charge on any atom is 0.425 e. The number of benzene rings is 1. The number of hydrogen-bond donors (Lipinski definition) is 0. The molecule has 2 amide bonds. The van der Waals surface area contributed by atoms with Crippen molar-refractivity contribution in [2.75, 3.05) is 11.5 Å². The summed E-state index contributed by atoms with van der Waals surface area (Å²) in [5.74, 6) is 0.931. The molecule has 2 aromatic heterocycles. The number of fused-ring (bicyclic) bond motifs is 1. The summed E-state index contributed by atoms with van der Waals surface area (Å²) in [7, 11) is 0. The minimum atomic E-state index is -0.862. The summed E-state index contributed by atoms with van der Waals surface area (Å²) in [6, 6.07) is 11.1. The lowest BCUT2D eigenvalue weighted by atomic mass is 10.1. The van der Waals surface area contributed by atoms with Crippen LogP contribution in [-0.2, 0) is 15.9 Å². The predicted molar refractivity (Wildman–Crippen MR) is 136 cm³/mol. The van der Waals surface area contributed by atoms with Crippen LogP contribution in [0, 0.1) is 6.92 Å². The Morgan fingerprint density at radius 3 is 2.19 bits per heavy atom. The third-order valence-electron chi connectivity index (χ3n) is 5.26. The molecular formula is C27H32N4O5. The molecule has 1 aliphatic rings. The zero-order chi connectivity index (χ0) is 26.3. The number of anilines is 1. The first kappa shape index (κ1) is 25.2. The van der Waals surface area contributed by atoms with E-state index in [1.807, 2.05) is 36.4 Å². The van der Waals surface area contributed by atoms with Crippen LogP contribution in [0.5, 0.6) is 5.75 Å². The van der Waals surface area contributed by atoms with Crippen LogP contribution in [0.3, 0.4) is 0 Å². The van der Waals surface area contributed by atoms with Gasteiger partial charge in [0.1, 0.15) is 17.0 Å². The topological polar surface area (TPSA) is 95.8 Å². The molecule has 9 heteroatoms. The Labute approximate surface area is 211 Å². The summed E-state index contributed by atoms with van der Waals surface area (Å²) in [6.45, 7) is 12.8. The third kappa shape index (κ3) is 5.35. The SMILES string of the molecule is Cc1c(-c2cnc3c(c2)OCC3)nn(-c2ccccc2)c1N(C(=O)OC(C)(C)C)C(=O)OC(C)(C)C. The van der Waals surface area contributed by atoms with Gasteiger partial charge in [0.15, 0.2) is 5.82 Å². The standard InChI is InChI=1S/C27H32N4O5/c1-17-22(18-15-21-20(28-16-18)13-14-34-21)29-31(19-11-9-8-10-12-19)23(17)30(24(32)35-26(2,3)4)25(33)36-27(5,6)7/h8-12,15-16H,13-14H2,1-7H3. The van der Waals surface area contributed by atoms with Crippen molar-refractivity contribution in [2.45, 2.75) is 66.1 Å². The number of carbonyl (C=O) groups is 2. The fourth-order valence-electron chi connectivity index (χ4n) is 3.81. The first-order chi connectivity index (χ1) is 16.8. The normalized spacial score (nSPS) is 13.1. The van der Waals surface area contributed by atoms with Gasteiger partial charge in [-0.25, -0.2) is 14.3 Å². The second kappa shape index (κ2) is 9.29. The van der Waals surface area contributed by atoms with Gasteiger partial charge < -0.3 is 14.2 Å². The number of rotatable bonds is 3. The molecule has 0 spiro atoms. The van der Waals surface area contributed by atoms with E-state index in [-0.39, 0.29) is 5.82 Å². The van der Waals surface area contributed by atoms with Crippen LogP contribution in [0.1, 0.15) is 52.8 Å². The van der Waals surface area contributed by atoms with Gasteiger partial charge in [0.2, 0.25) is 0 Å². The van der Waals surface area contributed by atoms with Crippen molar-refractivity contribution in [1.29, 1.82) is 0 Å². The van der Waals surface area contributed by atoms with Crippen LogP contribution >= 0.6 is 0 Å². The molecule has 1 aromatic carbocycles. The molecule has 9 nitrogen and oxygen atoms in total. The third-order valence-corrected chi connectivity index (χ3v) is 5.26. The van der Waals surface area contributed by atoms with Gasteiger partial charge in [-0.2, -0.15) is 10.00 Å². The van der Waals surface area contributed by atoms with Crippen molar-refractivity contribution < 1.29 is 23.8 Å². The van der Waals surface area contributed by atoms with E-state index >= 15 is 0 Å². The molecule has 3 aromatic rings. The number of pyridine rings is 1. The number of carbonyl (C=O) groups excluding carboxylic acids is 2. The lowest BCUT2D eigenvalue weighted by Crippen LogP contribution is -2.45. The van der Waals surface area contributed by atoms with Crippen LogP contribution in [0.2, 0.25) is 0 Å². The molecule has 0 fully saturated rings. The zero-order valence-electron chi connectivity index (χ0n) is 21.8. The number of ether oxygens (including phenoxy) is 3. The molecule has 36 heavy (non-hydrogen) atoms. The molecule has 190 valence electrons. The van der Waals surface area contributed by atoms with Gasteiger partial charge in [0, 0.05) is 23.7 Å². The molecule has 0 aliphatic carbocycles. The second-order valence-corrected chi connectivity index (χ2v) is 10.6. The Kier molecular flexibility index (Phi) is 6.51. The van der Waals surface area contributed by atoms with Gasteiger partial charge in [-0.15, -0.1) is 0 Å². The molecule has 0 bridgehead atoms. The Bertz CT molecular complexity index is 1260. The Morgan fingerprint density at radius 1 is 1.00 bits per heavy atom. The predicted octanol–water partition coefficient (Wildman–Crippen LogP) is 5.85. The number of hydrogen-bond acceptors (Lipinski definition) is 7. The number of nitrogens with zero attached hydrogens (tertiary/aromatic N) is 4. The number of aromatic nitrogens is 3. The van der Waals surface area contributed by atoms with E-state index in [9.17, 15) is 9.59 Å². The smallest absolute Gasteiger partial charge is 0.425 e. The summed E-state index contributed by atoms with van der Waals surface area (Å²) in [6.07, 6.45) is 0.758. The maximum absolute atomic E-state index is 13.5. The van der Waals surface area contributed by atoms with Crippen LogP contribution in [0.15, 0.2) is 42.6 Å². The van der Waals surface area contributed by atoms with Crippen molar-refractivity contribution >= 4 is 18.0 Å². The van der Waals surface area contributed by atoms with Gasteiger partial charge in [-0.05, 0) is 66.7 Å². The summed E-state index contributed by atoms with van der Waals surface area (Å²) >= 11 is 0. The van der Waals surface area contributed by atoms with Crippen molar-refractivity contribution in [1.82, 2.24) is 14.8 Å². The lowest BCUT2D eigenvalue weighted by Gasteiger charge is -2.29. The highest BCUT2D eigenvalue weighted by molar-refractivity contribution is 6.10. The molecule has 0 unspecified atom stereocenters. The number of imide groups is 1. The van der Waals surface area contributed by atoms with Crippen molar-refractivity contribution in [3.8, 4) is 22.7 Å². The van der Waals surface area contributed by atoms with E-state index < -0.39 is 23.4 Å². The fourth-order valence-corrected chi connectivity index (χ4v) is 3.81. The average Bonchev–Trinajstić information content (AvgIpc) is 3.36. The first-order valence-corrected chi connectivity index (χ1v) is 11.9. The molecule has 0 N–H and O–H groups in total. The first-order valence-electron chi connectivity index (χ1n) is 11.9. The quantitative estimate of drug-likeness (QED) is 0.452. The monoisotopic (exact) mass is 492 g/mol. The highest BCUT2D eigenvalue weighted by Crippen LogP contribution is 2.36. The van der Waals surface area contributed by atoms with E-state index in [2.05, 4.69) is 4.98 Å². The van der Waals surface area contributed by atoms with E-state index in [1.54, 1.807) is 59.3 Å². The Morgan fingerprint density at radius 2 is 1.61 bits per heavy atom. The molecule has 0 radical (unpaired) electrons. The van der Waals surface area contributed by atoms with E-state index in [0.29, 0.717) is 34.9 Å². The van der Waals surface area contributed by atoms with Crippen LogP contribution in [0.4, 0.5) is 15.4 Å². The highest BCUT2D eigenvalue weighted by atomic mass is 16.6. The molecule has 4 rings (SSSR count). The van der Waals surface area contributed by atoms with Crippen LogP contribution in [-0.4, -0.2) is 44.8 Å². The summed E-state index contributed by atoms with van der Waals surface area (Å²) in [5, 5.41) is 4.82. The van der Waals surface area contributed by atoms with Crippen molar-refractivity contribution in [2.24, 2.45) is 0 Å². The lowest BCUT2D eigenvalue weighted by molar-refractivity contribution is 0.0427. The molecule has 3 heterocycles. The minimum absolute atomic E-state index is 0.223. The van der Waals surface area contributed by atoms with Crippen molar-refractivity contribution in [3.63, 3.8) is 0 Å². The van der Waals surface area contributed by atoms with E-state index in [0.717, 1.165) is 17.0 Å². The van der Waals surface area contributed by atoms with Gasteiger partial charge >= 0.3 is 12.2 Å². The van der Waals surface area contributed by atoms with Gasteiger partial charge in [0.25, 0.3) is 0 Å². The van der Waals surface area contributed by atoms with Crippen LogP contribution < -0.4 is 9.64 Å². The maximum atomic E-state index is 13.5. The molecule has 0 saturated carbocycles. The van der Waals surface area contributed by atoms with Gasteiger partial charge in [0.05, 0.1) is 23.7 Å². The number of amides is 2. The molecular weight excluding hydrogens is 460 g/mol. The minimum Gasteiger partial charge on any atom is -0.491 e. The summed E-state index contributed by atoms with van der Waals surface area (Å²) in [5.41, 5.74) is 1.71. The molecule has 1 aliphatic heterocycles. The Balaban J connectivity index is 1.92. The second-order valence-electron chi connectivity index (χ2n) is 10.6. The van der Waals surface area contributed by atoms with Gasteiger partial charge in [-0.3, -0.25) is 4.98 Å². The molecule has 0 saturated heterocycles. The van der Waals surface area contributed by atoms with E-state index in [4.69, 9.17) is 19.3 Å². The van der Waals surface area contributed by atoms with Crippen molar-refractivity contribution in [3.05, 3.63) is 53.9 Å². The highest BCUT2D eigenvalue weighted by Gasteiger charge is 2.37. The molecule has 0 atom stereocenters. The van der Waals surface area contributed by atoms with E-state index in [1.165, 1.54) is 0 Å². The van der Waals surface area contributed by atoms with Crippen LogP contribution in [0.25, 0.3) is 16.9 Å². The average molecular weight is 493 g/mol. The number of para-hydroxylation sites is 1. The van der Waals surface area contributed by atoms with Gasteiger partial charge in [-0.1, -0.05) is 18.2 Å². The fraction of sp³-hybridized carbons (Fsp3) is 0.407. The summed E-state index contributed by atoms with van der Waals surface area (Å²) < 4.78 is 18.5. The zero-order valence-corrected chi connectivity index (χ0v) is 21.8.